The fourth-order valence-electron chi connectivity index (χ4n) is 1.36. The Bertz CT molecular complexity index is 365. The van der Waals surface area contributed by atoms with Crippen molar-refractivity contribution in [3.8, 4) is 0 Å². The van der Waals surface area contributed by atoms with Crippen LogP contribution < -0.4 is 10.6 Å². The maximum atomic E-state index is 5.98. The van der Waals surface area contributed by atoms with Gasteiger partial charge in [0.25, 0.3) is 0 Å². The van der Waals surface area contributed by atoms with E-state index in [4.69, 9.17) is 10.7 Å². The van der Waals surface area contributed by atoms with Gasteiger partial charge in [-0.25, -0.2) is 0 Å². The standard InChI is InChI=1S/C12H10ClPS/c13-15-14(11-7-3-1-4-8-11)12-9-5-2-6-10-12/h1-10H. The van der Waals surface area contributed by atoms with Crippen LogP contribution in [-0.4, -0.2) is 0 Å². The fraction of sp³-hybridized carbons (Fsp3) is 0. The smallest absolute Gasteiger partial charge is 0.0329 e. The van der Waals surface area contributed by atoms with Gasteiger partial charge in [-0.2, -0.15) is 0 Å². The molecule has 2 aromatic carbocycles. The second-order valence-corrected chi connectivity index (χ2v) is 7.55. The minimum Gasteiger partial charge on any atom is -0.0622 e. The van der Waals surface area contributed by atoms with Gasteiger partial charge in [0.15, 0.2) is 0 Å². The van der Waals surface area contributed by atoms with Gasteiger partial charge in [-0.15, -0.1) is 0 Å². The molecule has 0 aliphatic heterocycles. The van der Waals surface area contributed by atoms with E-state index in [1.54, 1.807) is 0 Å². The molecule has 0 spiro atoms. The minimum absolute atomic E-state index is 0.467. The van der Waals surface area contributed by atoms with Gasteiger partial charge in [-0.3, -0.25) is 0 Å². The first kappa shape index (κ1) is 11.0. The zero-order valence-electron chi connectivity index (χ0n) is 8.01. The highest BCUT2D eigenvalue weighted by atomic mass is 35.7. The van der Waals surface area contributed by atoms with E-state index in [2.05, 4.69) is 48.5 Å². The van der Waals surface area contributed by atoms with Crippen LogP contribution in [0.4, 0.5) is 0 Å². The molecular weight excluding hydrogens is 243 g/mol. The zero-order chi connectivity index (χ0) is 10.5. The molecule has 3 heteroatoms. The van der Waals surface area contributed by atoms with E-state index in [1.165, 1.54) is 21.2 Å². The molecule has 0 radical (unpaired) electrons. The summed E-state index contributed by atoms with van der Waals surface area (Å²) in [5.74, 6) is 0. The van der Waals surface area contributed by atoms with Crippen molar-refractivity contribution in [2.45, 2.75) is 0 Å². The van der Waals surface area contributed by atoms with Crippen molar-refractivity contribution in [2.24, 2.45) is 0 Å². The van der Waals surface area contributed by atoms with Crippen molar-refractivity contribution in [1.29, 1.82) is 0 Å². The van der Waals surface area contributed by atoms with Crippen molar-refractivity contribution < 1.29 is 0 Å². The molecule has 0 saturated carbocycles. The Morgan fingerprint density at radius 2 is 1.13 bits per heavy atom. The van der Waals surface area contributed by atoms with E-state index >= 15 is 0 Å². The Kier molecular flexibility index (Phi) is 4.08. The Morgan fingerprint density at radius 3 is 1.47 bits per heavy atom. The molecule has 0 aromatic heterocycles. The maximum Gasteiger partial charge on any atom is 0.0329 e. The van der Waals surface area contributed by atoms with Crippen LogP contribution in [0.1, 0.15) is 0 Å². The summed E-state index contributed by atoms with van der Waals surface area (Å²) >= 11 is 0. The zero-order valence-corrected chi connectivity index (χ0v) is 10.5. The second kappa shape index (κ2) is 5.55. The van der Waals surface area contributed by atoms with Gasteiger partial charge in [0.05, 0.1) is 0 Å². The third-order valence-electron chi connectivity index (χ3n) is 2.05. The molecule has 0 fully saturated rings. The number of hydrogen-bond donors (Lipinski definition) is 0. The van der Waals surface area contributed by atoms with Gasteiger partial charge in [-0.05, 0) is 31.9 Å². The first-order valence-corrected chi connectivity index (χ1v) is 8.19. The van der Waals surface area contributed by atoms with Crippen LogP contribution in [0.25, 0.3) is 0 Å². The van der Waals surface area contributed by atoms with Crippen LogP contribution in [0.3, 0.4) is 0 Å². The molecule has 2 rings (SSSR count). The van der Waals surface area contributed by atoms with E-state index in [1.807, 2.05) is 12.1 Å². The monoisotopic (exact) mass is 252 g/mol. The molecule has 0 aliphatic rings. The SMILES string of the molecule is ClSP(c1ccccc1)c1ccccc1. The predicted octanol–water partition coefficient (Wildman–Crippen LogP) is 3.92. The lowest BCUT2D eigenvalue weighted by molar-refractivity contribution is 1.76. The van der Waals surface area contributed by atoms with E-state index < -0.39 is 7.12 Å². The summed E-state index contributed by atoms with van der Waals surface area (Å²) in [5.41, 5.74) is 0. The largest absolute Gasteiger partial charge is 0.0622 e. The molecular formula is C12H10ClPS. The van der Waals surface area contributed by atoms with E-state index in [0.717, 1.165) is 0 Å². The van der Waals surface area contributed by atoms with E-state index in [9.17, 15) is 0 Å². The molecule has 0 unspecified atom stereocenters. The summed E-state index contributed by atoms with van der Waals surface area (Å²) in [5, 5.41) is 2.61. The summed E-state index contributed by atoms with van der Waals surface area (Å²) in [7, 11) is 6.93. The summed E-state index contributed by atoms with van der Waals surface area (Å²) in [6, 6.07) is 20.8. The molecule has 0 amide bonds. The summed E-state index contributed by atoms with van der Waals surface area (Å²) in [6.07, 6.45) is 0. The van der Waals surface area contributed by atoms with Crippen LogP contribution in [0, 0.1) is 0 Å². The first-order chi connectivity index (χ1) is 7.42. The van der Waals surface area contributed by atoms with Gasteiger partial charge < -0.3 is 0 Å². The number of benzene rings is 2. The quantitative estimate of drug-likeness (QED) is 0.746. The first-order valence-electron chi connectivity index (χ1n) is 4.61. The van der Waals surface area contributed by atoms with Crippen LogP contribution >= 0.6 is 28.4 Å². The minimum atomic E-state index is -0.467. The van der Waals surface area contributed by atoms with Crippen molar-refractivity contribution in [2.75, 3.05) is 0 Å². The third-order valence-corrected chi connectivity index (χ3v) is 6.64. The molecule has 0 saturated heterocycles. The van der Waals surface area contributed by atoms with Gasteiger partial charge in [0, 0.05) is 7.12 Å². The molecule has 0 bridgehead atoms. The highest BCUT2D eigenvalue weighted by Gasteiger charge is 2.12. The molecule has 2 aromatic rings. The van der Waals surface area contributed by atoms with Crippen molar-refractivity contribution in [1.82, 2.24) is 0 Å². The molecule has 15 heavy (non-hydrogen) atoms. The molecule has 0 heterocycles. The predicted molar refractivity (Wildman–Crippen MR) is 72.5 cm³/mol. The van der Waals surface area contributed by atoms with Crippen molar-refractivity contribution >= 4 is 39.0 Å². The van der Waals surface area contributed by atoms with E-state index in [-0.39, 0.29) is 0 Å². The second-order valence-electron chi connectivity index (χ2n) is 3.03. The van der Waals surface area contributed by atoms with Crippen LogP contribution in [-0.2, 0) is 0 Å². The summed E-state index contributed by atoms with van der Waals surface area (Å²) in [6.45, 7) is 0. The Labute approximate surface area is 99.7 Å². The topological polar surface area (TPSA) is 0 Å². The molecule has 0 aliphatic carbocycles. The normalized spacial score (nSPS) is 10.5. The molecule has 76 valence electrons. The van der Waals surface area contributed by atoms with Crippen LogP contribution in [0.5, 0.6) is 0 Å². The van der Waals surface area contributed by atoms with E-state index in [0.29, 0.717) is 0 Å². The third kappa shape index (κ3) is 2.75. The van der Waals surface area contributed by atoms with Crippen LogP contribution in [0.15, 0.2) is 60.7 Å². The van der Waals surface area contributed by atoms with Crippen molar-refractivity contribution in [3.63, 3.8) is 0 Å². The van der Waals surface area contributed by atoms with Crippen LogP contribution in [0.2, 0.25) is 0 Å². The molecule has 0 nitrogen and oxygen atoms in total. The molecule has 0 N–H and O–H groups in total. The lowest BCUT2D eigenvalue weighted by Gasteiger charge is -2.13. The lowest BCUT2D eigenvalue weighted by Crippen LogP contribution is -2.07. The summed E-state index contributed by atoms with van der Waals surface area (Å²) in [4.78, 5) is 0. The van der Waals surface area contributed by atoms with Gasteiger partial charge in [0.2, 0.25) is 0 Å². The highest BCUT2D eigenvalue weighted by molar-refractivity contribution is 8.70. The number of rotatable bonds is 3. The lowest BCUT2D eigenvalue weighted by atomic mass is 10.4. The Hall–Kier alpha value is -0.490. The number of halogens is 1. The average molecular weight is 253 g/mol. The van der Waals surface area contributed by atoms with Crippen molar-refractivity contribution in [3.05, 3.63) is 60.7 Å². The Balaban J connectivity index is 2.34. The highest BCUT2D eigenvalue weighted by Crippen LogP contribution is 2.49. The average Bonchev–Trinajstić information content (AvgIpc) is 2.33. The fourth-order valence-corrected chi connectivity index (χ4v) is 5.34. The summed E-state index contributed by atoms with van der Waals surface area (Å²) < 4.78 is 0. The van der Waals surface area contributed by atoms with Gasteiger partial charge in [0.1, 0.15) is 0 Å². The number of hydrogen-bond acceptors (Lipinski definition) is 1. The molecule has 0 atom stereocenters. The maximum absolute atomic E-state index is 5.98. The van der Waals surface area contributed by atoms with Gasteiger partial charge >= 0.3 is 0 Å². The Morgan fingerprint density at radius 1 is 0.733 bits per heavy atom. The van der Waals surface area contributed by atoms with Gasteiger partial charge in [-0.1, -0.05) is 60.7 Å².